The quantitative estimate of drug-likeness (QED) is 0.650. The van der Waals surface area contributed by atoms with Crippen LogP contribution >= 0.6 is 0 Å². The van der Waals surface area contributed by atoms with Crippen LogP contribution < -0.4 is 0 Å². The van der Waals surface area contributed by atoms with Crippen LogP contribution in [0.4, 0.5) is 0 Å². The number of nitrogens with zero attached hydrogens (tertiary/aromatic N) is 1. The summed E-state index contributed by atoms with van der Waals surface area (Å²) < 4.78 is 0. The fourth-order valence-electron chi connectivity index (χ4n) is 3.97. The van der Waals surface area contributed by atoms with Gasteiger partial charge in [-0.15, -0.1) is 0 Å². The zero-order valence-corrected chi connectivity index (χ0v) is 16.1. The van der Waals surface area contributed by atoms with E-state index < -0.39 is 0 Å². The molecule has 134 valence electrons. The minimum Gasteiger partial charge on any atom is -0.335 e. The predicted molar refractivity (Wildman–Crippen MR) is 96.2 cm³/mol. The highest BCUT2D eigenvalue weighted by molar-refractivity contribution is 5.92. The van der Waals surface area contributed by atoms with Gasteiger partial charge in [-0.05, 0) is 30.6 Å². The highest BCUT2D eigenvalue weighted by Gasteiger charge is 2.40. The van der Waals surface area contributed by atoms with Gasteiger partial charge in [-0.25, -0.2) is 0 Å². The summed E-state index contributed by atoms with van der Waals surface area (Å²) >= 11 is 0. The maximum atomic E-state index is 13.1. The lowest BCUT2D eigenvalue weighted by Crippen LogP contribution is -2.43. The number of amides is 1. The first-order valence-corrected chi connectivity index (χ1v) is 9.64. The smallest absolute Gasteiger partial charge is 0.226 e. The highest BCUT2D eigenvalue weighted by Crippen LogP contribution is 2.34. The summed E-state index contributed by atoms with van der Waals surface area (Å²) in [6.07, 6.45) is 6.62. The number of carbonyl (C=O) groups is 2. The van der Waals surface area contributed by atoms with Gasteiger partial charge in [0.05, 0.1) is 6.04 Å². The first kappa shape index (κ1) is 20.2. The normalized spacial score (nSPS) is 28.6. The number of ketones is 1. The number of hydrogen-bond acceptors (Lipinski definition) is 2. The van der Waals surface area contributed by atoms with Crippen molar-refractivity contribution < 1.29 is 9.59 Å². The van der Waals surface area contributed by atoms with E-state index in [4.69, 9.17) is 0 Å². The van der Waals surface area contributed by atoms with Crippen molar-refractivity contribution >= 4 is 11.7 Å². The molecule has 1 aliphatic heterocycles. The monoisotopic (exact) mass is 323 g/mol. The number of rotatable bonds is 8. The van der Waals surface area contributed by atoms with E-state index in [-0.39, 0.29) is 29.6 Å². The molecule has 0 saturated carbocycles. The molecule has 1 amide bonds. The van der Waals surface area contributed by atoms with Crippen molar-refractivity contribution in [3.63, 3.8) is 0 Å². The van der Waals surface area contributed by atoms with E-state index >= 15 is 0 Å². The summed E-state index contributed by atoms with van der Waals surface area (Å²) in [6, 6.07) is -0.210. The maximum absolute atomic E-state index is 13.1. The van der Waals surface area contributed by atoms with Gasteiger partial charge < -0.3 is 4.90 Å². The van der Waals surface area contributed by atoms with Gasteiger partial charge in [0.15, 0.2) is 5.78 Å². The molecule has 0 aromatic rings. The Bertz CT molecular complexity index is 393. The lowest BCUT2D eigenvalue weighted by molar-refractivity contribution is -0.140. The summed E-state index contributed by atoms with van der Waals surface area (Å²) in [5.41, 5.74) is 0. The van der Waals surface area contributed by atoms with E-state index in [1.165, 1.54) is 0 Å². The molecule has 1 aliphatic rings. The Hall–Kier alpha value is -0.860. The fourth-order valence-corrected chi connectivity index (χ4v) is 3.97. The maximum Gasteiger partial charge on any atom is 0.226 e. The largest absolute Gasteiger partial charge is 0.335 e. The van der Waals surface area contributed by atoms with Crippen LogP contribution in [0, 0.1) is 23.7 Å². The van der Waals surface area contributed by atoms with Gasteiger partial charge in [0.2, 0.25) is 5.91 Å². The first-order chi connectivity index (χ1) is 10.8. The van der Waals surface area contributed by atoms with Crippen molar-refractivity contribution in [1.29, 1.82) is 0 Å². The van der Waals surface area contributed by atoms with Crippen molar-refractivity contribution in [2.75, 3.05) is 7.05 Å². The van der Waals surface area contributed by atoms with Crippen LogP contribution in [0.1, 0.15) is 79.6 Å². The van der Waals surface area contributed by atoms with E-state index in [2.05, 4.69) is 34.6 Å². The second-order valence-corrected chi connectivity index (χ2v) is 7.79. The molecular weight excluding hydrogens is 286 g/mol. The molecule has 0 bridgehead atoms. The molecule has 1 fully saturated rings. The third-order valence-corrected chi connectivity index (χ3v) is 5.82. The van der Waals surface area contributed by atoms with Crippen LogP contribution in [0.5, 0.6) is 0 Å². The van der Waals surface area contributed by atoms with Crippen LogP contribution in [0.2, 0.25) is 0 Å². The lowest BCUT2D eigenvalue weighted by atomic mass is 9.79. The summed E-state index contributed by atoms with van der Waals surface area (Å²) in [6.45, 7) is 10.9. The summed E-state index contributed by atoms with van der Waals surface area (Å²) in [5, 5.41) is 0. The molecule has 0 aromatic heterocycles. The standard InChI is InChI=1S/C20H37NO2/c1-7-10-15(5)11-17-16(9-3)13-19(22)18(12-14(4)8-2)21(6)20(17)23/h14-18H,7-13H2,1-6H3/t14?,15?,16?,17?,18-/m0/s1. The van der Waals surface area contributed by atoms with Crippen molar-refractivity contribution in [1.82, 2.24) is 4.90 Å². The van der Waals surface area contributed by atoms with E-state index in [9.17, 15) is 9.59 Å². The summed E-state index contributed by atoms with van der Waals surface area (Å²) in [4.78, 5) is 27.6. The zero-order chi connectivity index (χ0) is 17.6. The number of Topliss-reactive ketones (excluding diaryl/α,β-unsaturated/α-hetero) is 1. The van der Waals surface area contributed by atoms with E-state index in [1.54, 1.807) is 4.90 Å². The topological polar surface area (TPSA) is 37.4 Å². The van der Waals surface area contributed by atoms with Crippen LogP contribution in [-0.4, -0.2) is 29.7 Å². The number of likely N-dealkylation sites (tertiary alicyclic amines) is 1. The van der Waals surface area contributed by atoms with Gasteiger partial charge >= 0.3 is 0 Å². The first-order valence-electron chi connectivity index (χ1n) is 9.64. The Labute approximate surface area is 143 Å². The Morgan fingerprint density at radius 2 is 1.74 bits per heavy atom. The molecule has 1 saturated heterocycles. The van der Waals surface area contributed by atoms with Crippen LogP contribution in [-0.2, 0) is 9.59 Å². The molecular formula is C20H37NO2. The van der Waals surface area contributed by atoms with Crippen LogP contribution in [0.25, 0.3) is 0 Å². The average molecular weight is 324 g/mol. The van der Waals surface area contributed by atoms with Gasteiger partial charge in [0.25, 0.3) is 0 Å². The van der Waals surface area contributed by atoms with Gasteiger partial charge in [-0.1, -0.05) is 60.3 Å². The molecule has 4 unspecified atom stereocenters. The van der Waals surface area contributed by atoms with Crippen LogP contribution in [0.3, 0.4) is 0 Å². The van der Waals surface area contributed by atoms with Crippen molar-refractivity contribution in [3.8, 4) is 0 Å². The second kappa shape index (κ2) is 9.44. The fraction of sp³-hybridized carbons (Fsp3) is 0.900. The summed E-state index contributed by atoms with van der Waals surface area (Å²) in [7, 11) is 1.85. The van der Waals surface area contributed by atoms with E-state index in [0.29, 0.717) is 18.3 Å². The van der Waals surface area contributed by atoms with Crippen LogP contribution in [0.15, 0.2) is 0 Å². The SMILES string of the molecule is CCCC(C)CC1C(=O)N(C)[C@@H](CC(C)CC)C(=O)CC1CC. The van der Waals surface area contributed by atoms with E-state index in [1.807, 2.05) is 7.05 Å². The molecule has 0 aromatic carbocycles. The van der Waals surface area contributed by atoms with Crippen molar-refractivity contribution in [2.24, 2.45) is 23.7 Å². The molecule has 1 rings (SSSR count). The molecule has 1 heterocycles. The zero-order valence-electron chi connectivity index (χ0n) is 16.1. The van der Waals surface area contributed by atoms with Gasteiger partial charge in [0.1, 0.15) is 0 Å². The lowest BCUT2D eigenvalue weighted by Gasteiger charge is -2.30. The third-order valence-electron chi connectivity index (χ3n) is 5.82. The third kappa shape index (κ3) is 5.32. The van der Waals surface area contributed by atoms with Gasteiger partial charge in [0, 0.05) is 19.4 Å². The summed E-state index contributed by atoms with van der Waals surface area (Å²) in [5.74, 6) is 1.76. The molecule has 3 heteroatoms. The Morgan fingerprint density at radius 1 is 1.09 bits per heavy atom. The molecule has 3 nitrogen and oxygen atoms in total. The molecule has 0 spiro atoms. The second-order valence-electron chi connectivity index (χ2n) is 7.79. The molecule has 23 heavy (non-hydrogen) atoms. The average Bonchev–Trinajstić information content (AvgIpc) is 2.60. The molecule has 5 atom stereocenters. The molecule has 0 radical (unpaired) electrons. The number of hydrogen-bond donors (Lipinski definition) is 0. The predicted octanol–water partition coefficient (Wildman–Crippen LogP) is 4.69. The van der Waals surface area contributed by atoms with Crippen molar-refractivity contribution in [2.45, 2.75) is 85.6 Å². The number of likely N-dealkylation sites (N-methyl/N-ethyl adjacent to an activating group) is 1. The molecule has 0 aliphatic carbocycles. The Morgan fingerprint density at radius 3 is 2.26 bits per heavy atom. The Kier molecular flexibility index (Phi) is 8.28. The highest BCUT2D eigenvalue weighted by atomic mass is 16.2. The van der Waals surface area contributed by atoms with E-state index in [0.717, 1.165) is 38.5 Å². The minimum atomic E-state index is -0.210. The minimum absolute atomic E-state index is 0.0254. The molecule has 0 N–H and O–H groups in total. The Balaban J connectivity index is 2.96. The number of carbonyl (C=O) groups excluding carboxylic acids is 2. The van der Waals surface area contributed by atoms with Gasteiger partial charge in [-0.2, -0.15) is 0 Å². The van der Waals surface area contributed by atoms with Crippen molar-refractivity contribution in [3.05, 3.63) is 0 Å². The van der Waals surface area contributed by atoms with Gasteiger partial charge in [-0.3, -0.25) is 9.59 Å².